The van der Waals surface area contributed by atoms with Gasteiger partial charge < -0.3 is 5.73 Å². The monoisotopic (exact) mass is 155 g/mol. The van der Waals surface area contributed by atoms with Crippen LogP contribution in [0.15, 0.2) is 0 Å². The predicted molar refractivity (Wildman–Crippen MR) is 49.4 cm³/mol. The van der Waals surface area contributed by atoms with E-state index in [0.717, 1.165) is 11.8 Å². The van der Waals surface area contributed by atoms with Gasteiger partial charge in [-0.2, -0.15) is 0 Å². The van der Waals surface area contributed by atoms with Crippen LogP contribution in [0.1, 0.15) is 46.0 Å². The van der Waals surface area contributed by atoms with E-state index in [1.54, 1.807) is 0 Å². The molecule has 11 heavy (non-hydrogen) atoms. The van der Waals surface area contributed by atoms with E-state index in [0.29, 0.717) is 6.04 Å². The van der Waals surface area contributed by atoms with E-state index < -0.39 is 0 Å². The Morgan fingerprint density at radius 1 is 1.36 bits per heavy atom. The first-order chi connectivity index (χ1) is 5.24. The van der Waals surface area contributed by atoms with Gasteiger partial charge in [-0.15, -0.1) is 0 Å². The average Bonchev–Trinajstić information content (AvgIpc) is 1.95. The van der Waals surface area contributed by atoms with Gasteiger partial charge in [-0.3, -0.25) is 0 Å². The third-order valence-corrected chi connectivity index (χ3v) is 2.97. The summed E-state index contributed by atoms with van der Waals surface area (Å²) in [5.41, 5.74) is 6.06. The third-order valence-electron chi connectivity index (χ3n) is 2.97. The lowest BCUT2D eigenvalue weighted by Crippen LogP contribution is -2.35. The van der Waals surface area contributed by atoms with Crippen molar-refractivity contribution in [2.24, 2.45) is 17.6 Å². The van der Waals surface area contributed by atoms with Crippen molar-refractivity contribution in [3.8, 4) is 0 Å². The number of hydrogen-bond donors (Lipinski definition) is 1. The van der Waals surface area contributed by atoms with Crippen molar-refractivity contribution in [2.45, 2.75) is 52.0 Å². The van der Waals surface area contributed by atoms with E-state index in [9.17, 15) is 0 Å². The van der Waals surface area contributed by atoms with Crippen molar-refractivity contribution in [3.05, 3.63) is 0 Å². The van der Waals surface area contributed by atoms with Crippen LogP contribution in [0.25, 0.3) is 0 Å². The maximum Gasteiger partial charge on any atom is 0.00696 e. The topological polar surface area (TPSA) is 26.0 Å². The lowest BCUT2D eigenvalue weighted by atomic mass is 9.77. The highest BCUT2D eigenvalue weighted by molar-refractivity contribution is 4.80. The minimum absolute atomic E-state index is 0.499. The standard InChI is InChI=1S/C10H21N/c1-3-4-9-6-5-8(2)7-10(9)11/h8-10H,3-7,11H2,1-2H3/t8-,9-,10-/m1/s1. The Kier molecular flexibility index (Phi) is 3.38. The molecule has 1 aliphatic rings. The second-order valence-corrected chi connectivity index (χ2v) is 4.13. The second kappa shape index (κ2) is 4.10. The molecule has 0 unspecified atom stereocenters. The molecule has 1 saturated carbocycles. The molecule has 0 heterocycles. The van der Waals surface area contributed by atoms with Crippen molar-refractivity contribution in [1.29, 1.82) is 0 Å². The molecule has 0 spiro atoms. The Hall–Kier alpha value is -0.0400. The van der Waals surface area contributed by atoms with Crippen molar-refractivity contribution in [2.75, 3.05) is 0 Å². The van der Waals surface area contributed by atoms with Gasteiger partial charge in [-0.25, -0.2) is 0 Å². The first kappa shape index (κ1) is 9.05. The van der Waals surface area contributed by atoms with Crippen LogP contribution >= 0.6 is 0 Å². The van der Waals surface area contributed by atoms with Gasteiger partial charge in [0.15, 0.2) is 0 Å². The molecule has 0 aliphatic heterocycles. The first-order valence-electron chi connectivity index (χ1n) is 4.99. The molecule has 0 radical (unpaired) electrons. The number of hydrogen-bond acceptors (Lipinski definition) is 1. The third kappa shape index (κ3) is 2.48. The first-order valence-corrected chi connectivity index (χ1v) is 4.99. The fourth-order valence-electron chi connectivity index (χ4n) is 2.22. The molecule has 1 heteroatoms. The molecular formula is C10H21N. The fraction of sp³-hybridized carbons (Fsp3) is 1.00. The zero-order valence-corrected chi connectivity index (χ0v) is 7.84. The average molecular weight is 155 g/mol. The van der Waals surface area contributed by atoms with E-state index in [1.165, 1.54) is 32.1 Å². The van der Waals surface area contributed by atoms with Gasteiger partial charge in [-0.1, -0.05) is 26.7 Å². The molecule has 0 saturated heterocycles. The minimum atomic E-state index is 0.499. The fourth-order valence-corrected chi connectivity index (χ4v) is 2.22. The van der Waals surface area contributed by atoms with Crippen molar-refractivity contribution >= 4 is 0 Å². The van der Waals surface area contributed by atoms with E-state index in [-0.39, 0.29) is 0 Å². The largest absolute Gasteiger partial charge is 0.327 e. The maximum absolute atomic E-state index is 6.06. The molecule has 0 aromatic heterocycles. The lowest BCUT2D eigenvalue weighted by molar-refractivity contribution is 0.237. The zero-order valence-electron chi connectivity index (χ0n) is 7.84. The second-order valence-electron chi connectivity index (χ2n) is 4.13. The molecule has 0 amide bonds. The molecule has 1 aliphatic carbocycles. The van der Waals surface area contributed by atoms with Gasteiger partial charge in [0.2, 0.25) is 0 Å². The van der Waals surface area contributed by atoms with E-state index in [1.807, 2.05) is 0 Å². The predicted octanol–water partition coefficient (Wildman–Crippen LogP) is 2.55. The van der Waals surface area contributed by atoms with Crippen molar-refractivity contribution in [3.63, 3.8) is 0 Å². The van der Waals surface area contributed by atoms with Crippen LogP contribution in [0.2, 0.25) is 0 Å². The molecule has 0 aromatic carbocycles. The summed E-state index contributed by atoms with van der Waals surface area (Å²) < 4.78 is 0. The van der Waals surface area contributed by atoms with Crippen LogP contribution in [0.4, 0.5) is 0 Å². The summed E-state index contributed by atoms with van der Waals surface area (Å²) in [5.74, 6) is 1.70. The number of rotatable bonds is 2. The highest BCUT2D eigenvalue weighted by Gasteiger charge is 2.24. The van der Waals surface area contributed by atoms with Gasteiger partial charge in [0.1, 0.15) is 0 Å². The molecule has 2 N–H and O–H groups in total. The quantitative estimate of drug-likeness (QED) is 0.651. The molecule has 1 fully saturated rings. The Balaban J connectivity index is 2.31. The van der Waals surface area contributed by atoms with E-state index in [2.05, 4.69) is 13.8 Å². The minimum Gasteiger partial charge on any atom is -0.327 e. The Morgan fingerprint density at radius 2 is 2.09 bits per heavy atom. The zero-order chi connectivity index (χ0) is 8.27. The molecule has 1 rings (SSSR count). The highest BCUT2D eigenvalue weighted by Crippen LogP contribution is 2.30. The van der Waals surface area contributed by atoms with Crippen molar-refractivity contribution < 1.29 is 0 Å². The van der Waals surface area contributed by atoms with Gasteiger partial charge in [0, 0.05) is 6.04 Å². The molecule has 0 aromatic rings. The molecule has 0 bridgehead atoms. The Labute approximate surface area is 70.4 Å². The smallest absolute Gasteiger partial charge is 0.00696 e. The summed E-state index contributed by atoms with van der Waals surface area (Å²) in [7, 11) is 0. The number of nitrogens with two attached hydrogens (primary N) is 1. The highest BCUT2D eigenvalue weighted by atomic mass is 14.7. The van der Waals surface area contributed by atoms with Crippen molar-refractivity contribution in [1.82, 2.24) is 0 Å². The summed E-state index contributed by atoms with van der Waals surface area (Å²) in [6.07, 6.45) is 6.67. The normalized spacial score (nSPS) is 39.0. The van der Waals surface area contributed by atoms with E-state index in [4.69, 9.17) is 5.73 Å². The Bertz CT molecular complexity index is 111. The summed E-state index contributed by atoms with van der Waals surface area (Å²) >= 11 is 0. The molecule has 66 valence electrons. The van der Waals surface area contributed by atoms with Crippen LogP contribution in [0.3, 0.4) is 0 Å². The molecule has 1 nitrogen and oxygen atoms in total. The van der Waals surface area contributed by atoms with Crippen LogP contribution in [0.5, 0.6) is 0 Å². The summed E-state index contributed by atoms with van der Waals surface area (Å²) in [5, 5.41) is 0. The van der Waals surface area contributed by atoms with E-state index >= 15 is 0 Å². The maximum atomic E-state index is 6.06. The van der Waals surface area contributed by atoms with Gasteiger partial charge >= 0.3 is 0 Å². The Morgan fingerprint density at radius 3 is 2.64 bits per heavy atom. The van der Waals surface area contributed by atoms with Gasteiger partial charge in [-0.05, 0) is 31.1 Å². The summed E-state index contributed by atoms with van der Waals surface area (Å²) in [4.78, 5) is 0. The van der Waals surface area contributed by atoms with Crippen LogP contribution in [-0.4, -0.2) is 6.04 Å². The summed E-state index contributed by atoms with van der Waals surface area (Å²) in [6, 6.07) is 0.499. The summed E-state index contributed by atoms with van der Waals surface area (Å²) in [6.45, 7) is 4.58. The molecule has 3 atom stereocenters. The lowest BCUT2D eigenvalue weighted by Gasteiger charge is -2.32. The van der Waals surface area contributed by atoms with Crippen LogP contribution in [-0.2, 0) is 0 Å². The molecular weight excluding hydrogens is 134 g/mol. The van der Waals surface area contributed by atoms with Gasteiger partial charge in [0.25, 0.3) is 0 Å². The van der Waals surface area contributed by atoms with Gasteiger partial charge in [0.05, 0.1) is 0 Å². The van der Waals surface area contributed by atoms with Crippen LogP contribution in [0, 0.1) is 11.8 Å². The van der Waals surface area contributed by atoms with Crippen LogP contribution < -0.4 is 5.73 Å². The SMILES string of the molecule is CCC[C@@H]1CC[C@@H](C)C[C@H]1N.